The topological polar surface area (TPSA) is 93.1 Å². The van der Waals surface area contributed by atoms with E-state index in [2.05, 4.69) is 26.0 Å². The number of benzene rings is 1. The summed E-state index contributed by atoms with van der Waals surface area (Å²) in [5, 5.41) is 13.4. The van der Waals surface area contributed by atoms with Crippen LogP contribution in [0.2, 0.25) is 0 Å². The highest BCUT2D eigenvalue weighted by atomic mass is 19.1. The monoisotopic (exact) mass is 424 g/mol. The van der Waals surface area contributed by atoms with Crippen molar-refractivity contribution in [2.45, 2.75) is 25.8 Å². The van der Waals surface area contributed by atoms with Crippen LogP contribution in [-0.2, 0) is 4.74 Å². The van der Waals surface area contributed by atoms with Crippen molar-refractivity contribution >= 4 is 28.8 Å². The van der Waals surface area contributed by atoms with Crippen molar-refractivity contribution in [3.8, 4) is 0 Å². The number of rotatable bonds is 7. The van der Waals surface area contributed by atoms with Crippen molar-refractivity contribution in [2.75, 3.05) is 30.4 Å². The molecular weight excluding hydrogens is 399 g/mol. The lowest BCUT2D eigenvalue weighted by Crippen LogP contribution is -2.23. The minimum atomic E-state index is -0.519. The molecule has 1 aliphatic heterocycles. The number of anilines is 4. The number of nitrogens with zero attached hydrogens (tertiary/aromatic N) is 3. The maximum atomic E-state index is 14.4. The van der Waals surface area contributed by atoms with Gasteiger partial charge in [0.15, 0.2) is 5.82 Å². The molecule has 31 heavy (non-hydrogen) atoms. The zero-order valence-electron chi connectivity index (χ0n) is 17.3. The summed E-state index contributed by atoms with van der Waals surface area (Å²) in [5.41, 5.74) is 1.93. The lowest BCUT2D eigenvalue weighted by molar-refractivity contribution is 0.0662. The van der Waals surface area contributed by atoms with Gasteiger partial charge in [-0.05, 0) is 31.9 Å². The summed E-state index contributed by atoms with van der Waals surface area (Å²) in [6.07, 6.45) is 6.63. The van der Waals surface area contributed by atoms with Gasteiger partial charge in [0, 0.05) is 32.0 Å². The van der Waals surface area contributed by atoms with E-state index in [0.717, 1.165) is 37.9 Å². The Bertz CT molecular complexity index is 1050. The van der Waals surface area contributed by atoms with Gasteiger partial charge in [0.05, 0.1) is 41.1 Å². The maximum absolute atomic E-state index is 14.4. The standard InChI is InChI=1S/C22H25FN6O2/c1-2-24-22(30)17-5-3-4-6-19(17)28-20-11-21(25-13-18(20)23)27-15-12-26-29(14-15)16-7-9-31-10-8-16/h3-6,11-14,16H,2,7-10H2,1H3,(H,24,30)(H2,25,27,28). The summed E-state index contributed by atoms with van der Waals surface area (Å²) in [4.78, 5) is 16.4. The molecule has 3 aromatic rings. The average molecular weight is 424 g/mol. The van der Waals surface area contributed by atoms with Crippen molar-refractivity contribution in [1.29, 1.82) is 0 Å². The number of hydrogen-bond acceptors (Lipinski definition) is 6. The van der Waals surface area contributed by atoms with E-state index in [4.69, 9.17) is 4.74 Å². The minimum absolute atomic E-state index is 0.214. The van der Waals surface area contributed by atoms with Crippen LogP contribution >= 0.6 is 0 Å². The molecule has 0 aliphatic carbocycles. The Hall–Kier alpha value is -3.46. The molecule has 1 amide bonds. The number of nitrogens with one attached hydrogen (secondary N) is 3. The SMILES string of the molecule is CCNC(=O)c1ccccc1Nc1cc(Nc2cnn(C3CCOCC3)c2)ncc1F. The van der Waals surface area contributed by atoms with Crippen molar-refractivity contribution in [3.63, 3.8) is 0 Å². The summed E-state index contributed by atoms with van der Waals surface area (Å²) < 4.78 is 21.8. The molecule has 8 nitrogen and oxygen atoms in total. The van der Waals surface area contributed by atoms with Crippen molar-refractivity contribution in [3.05, 3.63) is 60.3 Å². The fourth-order valence-electron chi connectivity index (χ4n) is 3.49. The first-order chi connectivity index (χ1) is 15.1. The highest BCUT2D eigenvalue weighted by Crippen LogP contribution is 2.27. The predicted octanol–water partition coefficient (Wildman–Crippen LogP) is 4.01. The zero-order chi connectivity index (χ0) is 21.6. The first kappa shape index (κ1) is 20.8. The number of pyridine rings is 1. The largest absolute Gasteiger partial charge is 0.381 e. The van der Waals surface area contributed by atoms with E-state index in [-0.39, 0.29) is 11.6 Å². The number of ether oxygens (including phenoxy) is 1. The molecule has 9 heteroatoms. The van der Waals surface area contributed by atoms with Crippen molar-refractivity contribution in [2.24, 2.45) is 0 Å². The van der Waals surface area contributed by atoms with Crippen LogP contribution in [0.4, 0.5) is 27.3 Å². The van der Waals surface area contributed by atoms with Crippen LogP contribution in [-0.4, -0.2) is 40.4 Å². The van der Waals surface area contributed by atoms with Crippen LogP contribution < -0.4 is 16.0 Å². The predicted molar refractivity (Wildman–Crippen MR) is 117 cm³/mol. The molecule has 0 spiro atoms. The molecule has 162 valence electrons. The fourth-order valence-corrected chi connectivity index (χ4v) is 3.49. The first-order valence-corrected chi connectivity index (χ1v) is 10.3. The van der Waals surface area contributed by atoms with E-state index in [1.807, 2.05) is 17.8 Å². The van der Waals surface area contributed by atoms with Crippen LogP contribution in [0.15, 0.2) is 48.9 Å². The minimum Gasteiger partial charge on any atom is -0.381 e. The lowest BCUT2D eigenvalue weighted by Gasteiger charge is -2.22. The molecule has 1 fully saturated rings. The number of amides is 1. The third kappa shape index (κ3) is 5.00. The molecule has 0 atom stereocenters. The highest BCUT2D eigenvalue weighted by molar-refractivity contribution is 6.00. The van der Waals surface area contributed by atoms with Gasteiger partial charge in [0.1, 0.15) is 5.82 Å². The van der Waals surface area contributed by atoms with Gasteiger partial charge in [-0.3, -0.25) is 9.48 Å². The normalized spacial score (nSPS) is 14.3. The van der Waals surface area contributed by atoms with Crippen LogP contribution in [0, 0.1) is 5.82 Å². The maximum Gasteiger partial charge on any atom is 0.253 e. The summed E-state index contributed by atoms with van der Waals surface area (Å²) in [7, 11) is 0. The van der Waals surface area contributed by atoms with E-state index in [0.29, 0.717) is 29.7 Å². The second-order valence-corrected chi connectivity index (χ2v) is 7.26. The Kier molecular flexibility index (Phi) is 6.42. The second-order valence-electron chi connectivity index (χ2n) is 7.26. The number of carbonyl (C=O) groups excluding carboxylic acids is 1. The van der Waals surface area contributed by atoms with E-state index in [1.165, 1.54) is 0 Å². The van der Waals surface area contributed by atoms with Gasteiger partial charge < -0.3 is 20.7 Å². The molecule has 0 unspecified atom stereocenters. The average Bonchev–Trinajstić information content (AvgIpc) is 3.26. The molecule has 3 heterocycles. The third-order valence-corrected chi connectivity index (χ3v) is 5.07. The van der Waals surface area contributed by atoms with E-state index >= 15 is 0 Å². The summed E-state index contributed by atoms with van der Waals surface area (Å²) in [6, 6.07) is 8.85. The van der Waals surface area contributed by atoms with Gasteiger partial charge in [0.2, 0.25) is 0 Å². The third-order valence-electron chi connectivity index (χ3n) is 5.07. The Morgan fingerprint density at radius 1 is 1.19 bits per heavy atom. The molecule has 0 saturated carbocycles. The Morgan fingerprint density at radius 3 is 2.81 bits per heavy atom. The first-order valence-electron chi connectivity index (χ1n) is 10.3. The fraction of sp³-hybridized carbons (Fsp3) is 0.318. The van der Waals surface area contributed by atoms with Gasteiger partial charge in [-0.2, -0.15) is 5.10 Å². The van der Waals surface area contributed by atoms with E-state index in [9.17, 15) is 9.18 Å². The molecule has 1 aliphatic rings. The number of para-hydroxylation sites is 1. The smallest absolute Gasteiger partial charge is 0.253 e. The second kappa shape index (κ2) is 9.57. The quantitative estimate of drug-likeness (QED) is 0.531. The molecule has 0 bridgehead atoms. The zero-order valence-corrected chi connectivity index (χ0v) is 17.3. The van der Waals surface area contributed by atoms with Crippen molar-refractivity contribution in [1.82, 2.24) is 20.1 Å². The van der Waals surface area contributed by atoms with Gasteiger partial charge in [-0.1, -0.05) is 12.1 Å². The molecule has 3 N–H and O–H groups in total. The molecule has 0 radical (unpaired) electrons. The van der Waals surface area contributed by atoms with E-state index in [1.54, 1.807) is 36.5 Å². The number of halogens is 1. The van der Waals surface area contributed by atoms with Gasteiger partial charge in [-0.25, -0.2) is 9.37 Å². The van der Waals surface area contributed by atoms with Crippen molar-refractivity contribution < 1.29 is 13.9 Å². The summed E-state index contributed by atoms with van der Waals surface area (Å²) in [6.45, 7) is 3.82. The van der Waals surface area contributed by atoms with E-state index < -0.39 is 5.82 Å². The van der Waals surface area contributed by atoms with Gasteiger partial charge >= 0.3 is 0 Å². The van der Waals surface area contributed by atoms with Crippen LogP contribution in [0.25, 0.3) is 0 Å². The van der Waals surface area contributed by atoms with Gasteiger partial charge in [-0.15, -0.1) is 0 Å². The molecule has 4 rings (SSSR count). The highest BCUT2D eigenvalue weighted by Gasteiger charge is 2.17. The van der Waals surface area contributed by atoms with Crippen LogP contribution in [0.3, 0.4) is 0 Å². The molecular formula is C22H25FN6O2. The summed E-state index contributed by atoms with van der Waals surface area (Å²) in [5.74, 6) is -0.279. The Morgan fingerprint density at radius 2 is 2.00 bits per heavy atom. The number of aromatic nitrogens is 3. The Balaban J connectivity index is 1.51. The lowest BCUT2D eigenvalue weighted by atomic mass is 10.1. The number of hydrogen-bond donors (Lipinski definition) is 3. The van der Waals surface area contributed by atoms with Crippen LogP contribution in [0.1, 0.15) is 36.2 Å². The van der Waals surface area contributed by atoms with Gasteiger partial charge in [0.25, 0.3) is 5.91 Å². The molecule has 1 saturated heterocycles. The summed E-state index contributed by atoms with van der Waals surface area (Å²) >= 11 is 0. The van der Waals surface area contributed by atoms with Crippen LogP contribution in [0.5, 0.6) is 0 Å². The molecule has 2 aromatic heterocycles. The molecule has 1 aromatic carbocycles. The Labute approximate surface area is 179 Å². The number of carbonyl (C=O) groups is 1.